The summed E-state index contributed by atoms with van der Waals surface area (Å²) in [5.41, 5.74) is 1.11. The van der Waals surface area contributed by atoms with Gasteiger partial charge in [0.2, 0.25) is 5.91 Å². The van der Waals surface area contributed by atoms with Gasteiger partial charge in [-0.05, 0) is 19.9 Å². The quantitative estimate of drug-likeness (QED) is 0.536. The predicted molar refractivity (Wildman–Crippen MR) is 74.4 cm³/mol. The van der Waals surface area contributed by atoms with Crippen LogP contribution in [0.5, 0.6) is 0 Å². The minimum Gasteiger partial charge on any atom is -0.388 e. The summed E-state index contributed by atoms with van der Waals surface area (Å²) in [5, 5.41) is 19.3. The van der Waals surface area contributed by atoms with Gasteiger partial charge in [-0.3, -0.25) is 14.9 Å². The van der Waals surface area contributed by atoms with Crippen molar-refractivity contribution in [2.45, 2.75) is 19.9 Å². The molecule has 0 heterocycles. The van der Waals surface area contributed by atoms with Gasteiger partial charge >= 0.3 is 0 Å². The zero-order chi connectivity index (χ0) is 14.4. The maximum Gasteiger partial charge on any atom is 0.273 e. The first-order valence-corrected chi connectivity index (χ1v) is 5.99. The molecule has 1 rings (SSSR count). The number of non-ortho nitro benzene ring substituents is 1. The SMILES string of the molecule is CCNC(=O)C(C)Nc1cc(NC)cc([N+](=O)[O-])c1. The molecule has 19 heavy (non-hydrogen) atoms. The van der Waals surface area contributed by atoms with Crippen molar-refractivity contribution in [3.05, 3.63) is 28.3 Å². The van der Waals surface area contributed by atoms with Crippen LogP contribution in [0.1, 0.15) is 13.8 Å². The largest absolute Gasteiger partial charge is 0.388 e. The Bertz CT molecular complexity index is 476. The maximum absolute atomic E-state index is 11.6. The van der Waals surface area contributed by atoms with Crippen LogP contribution in [0, 0.1) is 10.1 Å². The summed E-state index contributed by atoms with van der Waals surface area (Å²) in [4.78, 5) is 21.9. The normalized spacial score (nSPS) is 11.5. The van der Waals surface area contributed by atoms with Gasteiger partial charge in [-0.1, -0.05) is 0 Å². The van der Waals surface area contributed by atoms with Gasteiger partial charge < -0.3 is 16.0 Å². The van der Waals surface area contributed by atoms with E-state index in [1.807, 2.05) is 6.92 Å². The van der Waals surface area contributed by atoms with Gasteiger partial charge in [0.05, 0.1) is 4.92 Å². The van der Waals surface area contributed by atoms with Gasteiger partial charge in [0.1, 0.15) is 6.04 Å². The maximum atomic E-state index is 11.6. The van der Waals surface area contributed by atoms with Crippen LogP contribution in [-0.2, 0) is 4.79 Å². The molecule has 0 radical (unpaired) electrons. The van der Waals surface area contributed by atoms with Crippen molar-refractivity contribution in [3.63, 3.8) is 0 Å². The predicted octanol–water partition coefficient (Wildman–Crippen LogP) is 1.57. The lowest BCUT2D eigenvalue weighted by Crippen LogP contribution is -2.37. The molecule has 7 nitrogen and oxygen atoms in total. The lowest BCUT2D eigenvalue weighted by Gasteiger charge is -2.15. The van der Waals surface area contributed by atoms with E-state index < -0.39 is 11.0 Å². The fraction of sp³-hybridized carbons (Fsp3) is 0.417. The number of carbonyl (C=O) groups excluding carboxylic acids is 1. The molecular weight excluding hydrogens is 248 g/mol. The Morgan fingerprint density at radius 1 is 1.37 bits per heavy atom. The van der Waals surface area contributed by atoms with Crippen LogP contribution in [-0.4, -0.2) is 30.5 Å². The number of carbonyl (C=O) groups is 1. The molecule has 1 atom stereocenters. The van der Waals surface area contributed by atoms with Crippen molar-refractivity contribution in [2.24, 2.45) is 0 Å². The molecular formula is C12H18N4O3. The van der Waals surface area contributed by atoms with E-state index >= 15 is 0 Å². The number of nitrogens with one attached hydrogen (secondary N) is 3. The van der Waals surface area contributed by atoms with Crippen molar-refractivity contribution >= 4 is 23.0 Å². The number of likely N-dealkylation sites (N-methyl/N-ethyl adjacent to an activating group) is 1. The van der Waals surface area contributed by atoms with Gasteiger partial charge in [0, 0.05) is 37.1 Å². The number of hydrogen-bond acceptors (Lipinski definition) is 5. The van der Waals surface area contributed by atoms with E-state index in [0.717, 1.165) is 0 Å². The summed E-state index contributed by atoms with van der Waals surface area (Å²) in [6.45, 7) is 4.07. The Morgan fingerprint density at radius 2 is 2.00 bits per heavy atom. The van der Waals surface area contributed by atoms with Crippen molar-refractivity contribution in [3.8, 4) is 0 Å². The van der Waals surface area contributed by atoms with Crippen molar-refractivity contribution in [2.75, 3.05) is 24.2 Å². The second kappa shape index (κ2) is 6.58. The number of hydrogen-bond donors (Lipinski definition) is 3. The van der Waals surface area contributed by atoms with E-state index in [1.165, 1.54) is 12.1 Å². The van der Waals surface area contributed by atoms with Crippen LogP contribution >= 0.6 is 0 Å². The molecule has 104 valence electrons. The van der Waals surface area contributed by atoms with Gasteiger partial charge in [-0.25, -0.2) is 0 Å². The Labute approximate surface area is 111 Å². The summed E-state index contributed by atoms with van der Waals surface area (Å²) in [7, 11) is 1.68. The first-order chi connectivity index (χ1) is 8.97. The van der Waals surface area contributed by atoms with Gasteiger partial charge in [0.15, 0.2) is 0 Å². The highest BCUT2D eigenvalue weighted by Gasteiger charge is 2.14. The third kappa shape index (κ3) is 4.13. The van der Waals surface area contributed by atoms with Crippen LogP contribution in [0.2, 0.25) is 0 Å². The fourth-order valence-corrected chi connectivity index (χ4v) is 1.59. The molecule has 0 aliphatic heterocycles. The lowest BCUT2D eigenvalue weighted by molar-refractivity contribution is -0.384. The number of anilines is 2. The molecule has 1 amide bonds. The van der Waals surface area contributed by atoms with Gasteiger partial charge in [0.25, 0.3) is 5.69 Å². The van der Waals surface area contributed by atoms with Crippen molar-refractivity contribution < 1.29 is 9.72 Å². The molecule has 7 heteroatoms. The molecule has 0 saturated carbocycles. The van der Waals surface area contributed by atoms with Crippen LogP contribution in [0.3, 0.4) is 0 Å². The Hall–Kier alpha value is -2.31. The van der Waals surface area contributed by atoms with Gasteiger partial charge in [-0.2, -0.15) is 0 Å². The smallest absolute Gasteiger partial charge is 0.273 e. The lowest BCUT2D eigenvalue weighted by atomic mass is 10.2. The van der Waals surface area contributed by atoms with Crippen LogP contribution < -0.4 is 16.0 Å². The molecule has 0 aliphatic carbocycles. The summed E-state index contributed by atoms with van der Waals surface area (Å²) >= 11 is 0. The Morgan fingerprint density at radius 3 is 2.53 bits per heavy atom. The molecule has 1 aromatic rings. The topological polar surface area (TPSA) is 96.3 Å². The van der Waals surface area contributed by atoms with Crippen LogP contribution in [0.25, 0.3) is 0 Å². The summed E-state index contributed by atoms with van der Waals surface area (Å²) < 4.78 is 0. The zero-order valence-corrected chi connectivity index (χ0v) is 11.2. The molecule has 0 spiro atoms. The second-order valence-electron chi connectivity index (χ2n) is 4.04. The van der Waals surface area contributed by atoms with E-state index in [2.05, 4.69) is 16.0 Å². The monoisotopic (exact) mass is 266 g/mol. The average molecular weight is 266 g/mol. The molecule has 0 aromatic heterocycles. The summed E-state index contributed by atoms with van der Waals surface area (Å²) in [6.07, 6.45) is 0. The number of nitro groups is 1. The Kier molecular flexibility index (Phi) is 5.11. The highest BCUT2D eigenvalue weighted by Crippen LogP contribution is 2.24. The van der Waals surface area contributed by atoms with E-state index in [0.29, 0.717) is 17.9 Å². The summed E-state index contributed by atoms with van der Waals surface area (Å²) in [5.74, 6) is -0.153. The first-order valence-electron chi connectivity index (χ1n) is 5.99. The average Bonchev–Trinajstić information content (AvgIpc) is 2.38. The highest BCUT2D eigenvalue weighted by molar-refractivity contribution is 5.84. The van der Waals surface area contributed by atoms with E-state index in [-0.39, 0.29) is 11.6 Å². The zero-order valence-electron chi connectivity index (χ0n) is 11.2. The molecule has 1 aromatic carbocycles. The molecule has 3 N–H and O–H groups in total. The molecule has 0 aliphatic rings. The Balaban J connectivity index is 2.91. The van der Waals surface area contributed by atoms with E-state index in [1.54, 1.807) is 20.0 Å². The number of nitro benzene ring substituents is 1. The number of amides is 1. The highest BCUT2D eigenvalue weighted by atomic mass is 16.6. The molecule has 1 unspecified atom stereocenters. The summed E-state index contributed by atoms with van der Waals surface area (Å²) in [6, 6.07) is 4.08. The third-order valence-corrected chi connectivity index (χ3v) is 2.54. The van der Waals surface area contributed by atoms with Crippen molar-refractivity contribution in [1.82, 2.24) is 5.32 Å². The third-order valence-electron chi connectivity index (χ3n) is 2.54. The number of benzene rings is 1. The van der Waals surface area contributed by atoms with Crippen LogP contribution in [0.15, 0.2) is 18.2 Å². The van der Waals surface area contributed by atoms with Crippen LogP contribution in [0.4, 0.5) is 17.1 Å². The first kappa shape index (κ1) is 14.7. The minimum atomic E-state index is -0.469. The van der Waals surface area contributed by atoms with E-state index in [9.17, 15) is 14.9 Å². The molecule has 0 saturated heterocycles. The fourth-order valence-electron chi connectivity index (χ4n) is 1.59. The standard InChI is InChI=1S/C12H18N4O3/c1-4-14-12(17)8(2)15-10-5-9(13-3)6-11(7-10)16(18)19/h5-8,13,15H,4H2,1-3H3,(H,14,17). The van der Waals surface area contributed by atoms with Gasteiger partial charge in [-0.15, -0.1) is 0 Å². The molecule has 0 bridgehead atoms. The van der Waals surface area contributed by atoms with E-state index in [4.69, 9.17) is 0 Å². The second-order valence-corrected chi connectivity index (χ2v) is 4.04. The number of rotatable bonds is 6. The number of nitrogens with zero attached hydrogens (tertiary/aromatic N) is 1. The minimum absolute atomic E-state index is 0.0301. The molecule has 0 fully saturated rings. The van der Waals surface area contributed by atoms with Crippen molar-refractivity contribution in [1.29, 1.82) is 0 Å².